The van der Waals surface area contributed by atoms with Gasteiger partial charge < -0.3 is 28.5 Å². The second kappa shape index (κ2) is 69.8. The molecule has 0 saturated carbocycles. The van der Waals surface area contributed by atoms with Crippen molar-refractivity contribution in [3.63, 3.8) is 0 Å². The molecule has 0 aromatic rings. The first-order chi connectivity index (χ1) is 43.6. The number of carbonyl (C=O) groups excluding carboxylic acids is 2. The van der Waals surface area contributed by atoms with Crippen LogP contribution in [0.5, 0.6) is 0 Å². The minimum absolute atomic E-state index is 0.184. The number of hydrogen-bond donors (Lipinski definition) is 1. The van der Waals surface area contributed by atoms with Gasteiger partial charge in [-0.25, -0.2) is 4.79 Å². The Morgan fingerprint density at radius 1 is 0.348 bits per heavy atom. The van der Waals surface area contributed by atoms with E-state index in [4.69, 9.17) is 18.9 Å². The third kappa shape index (κ3) is 71.3. The molecule has 0 spiro atoms. The average Bonchev–Trinajstić information content (AvgIpc) is 3.64. The van der Waals surface area contributed by atoms with Crippen molar-refractivity contribution in [3.05, 3.63) is 109 Å². The molecular formula is C80H140NO8+. The fraction of sp³-hybridized carbons (Fsp3) is 0.738. The van der Waals surface area contributed by atoms with Gasteiger partial charge in [0.1, 0.15) is 13.2 Å². The molecule has 0 aliphatic heterocycles. The summed E-state index contributed by atoms with van der Waals surface area (Å²) in [5.41, 5.74) is 0. The molecule has 2 unspecified atom stereocenters. The first-order valence-corrected chi connectivity index (χ1v) is 37.1. The quantitative estimate of drug-likeness (QED) is 0.0211. The van der Waals surface area contributed by atoms with Crippen LogP contribution in [0.15, 0.2) is 109 Å². The highest BCUT2D eigenvalue weighted by atomic mass is 16.7. The summed E-state index contributed by atoms with van der Waals surface area (Å²) >= 11 is 0. The van der Waals surface area contributed by atoms with Gasteiger partial charge in [-0.15, -0.1) is 0 Å². The largest absolute Gasteiger partial charge is 0.477 e. The summed E-state index contributed by atoms with van der Waals surface area (Å²) in [6.45, 7) is 4.78. The number of carboxylic acid groups (broad SMARTS) is 1. The van der Waals surface area contributed by atoms with Gasteiger partial charge >= 0.3 is 17.9 Å². The normalized spacial score (nSPS) is 13.3. The van der Waals surface area contributed by atoms with E-state index in [9.17, 15) is 19.5 Å². The highest BCUT2D eigenvalue weighted by molar-refractivity contribution is 5.71. The van der Waals surface area contributed by atoms with Gasteiger partial charge in [-0.1, -0.05) is 316 Å². The molecular weight excluding hydrogens is 1100 g/mol. The van der Waals surface area contributed by atoms with Crippen LogP contribution in [0.3, 0.4) is 0 Å². The van der Waals surface area contributed by atoms with E-state index in [1.54, 1.807) is 0 Å². The predicted octanol–water partition coefficient (Wildman–Crippen LogP) is 23.4. The maximum atomic E-state index is 13.0. The Morgan fingerprint density at radius 2 is 0.640 bits per heavy atom. The molecule has 2 atom stereocenters. The lowest BCUT2D eigenvalue weighted by Crippen LogP contribution is -2.40. The van der Waals surface area contributed by atoms with E-state index in [0.717, 1.165) is 89.9 Å². The molecule has 0 radical (unpaired) electrons. The van der Waals surface area contributed by atoms with Gasteiger partial charge in [0.05, 0.1) is 34.4 Å². The molecule has 1 N–H and O–H groups in total. The van der Waals surface area contributed by atoms with Crippen LogP contribution in [-0.2, 0) is 33.3 Å². The standard InChI is InChI=1S/C80H139NO8/c1-6-8-10-12-14-16-18-20-22-24-26-28-30-32-34-36-38-39-41-42-44-46-48-50-52-54-56-58-60-62-64-66-68-70-77(82)87-74-76(75-88-80(79(84)85)86-73-72-81(3,4)5)89-78(83)71-69-67-65-63-61-59-57-55-53-51-49-47-45-43-40-37-35-33-31-29-27-25-23-21-19-17-15-13-11-9-7-2/h9,11,15,17-18,20-21,23-24,26-27,29-30,32-33,35,40,43,76,80H,6-8,10,12-14,16,19,22,25,28,31,34,36-39,41-42,44-75H2,1-5H3/p+1/b11-9-,17-15-,20-18-,23-21-,26-24-,29-27-,32-30-,35-33-,43-40-. The predicted molar refractivity (Wildman–Crippen MR) is 382 cm³/mol. The van der Waals surface area contributed by atoms with E-state index in [-0.39, 0.29) is 32.2 Å². The van der Waals surface area contributed by atoms with Gasteiger partial charge in [0, 0.05) is 12.8 Å². The number of ether oxygens (including phenoxy) is 4. The minimum Gasteiger partial charge on any atom is -0.477 e. The zero-order valence-electron chi connectivity index (χ0n) is 58.6. The third-order valence-corrected chi connectivity index (χ3v) is 16.0. The number of hydrogen-bond acceptors (Lipinski definition) is 7. The smallest absolute Gasteiger partial charge is 0.361 e. The zero-order chi connectivity index (χ0) is 64.7. The van der Waals surface area contributed by atoms with Crippen LogP contribution in [0, 0.1) is 0 Å². The number of carbonyl (C=O) groups is 3. The van der Waals surface area contributed by atoms with Crippen LogP contribution in [0.1, 0.15) is 322 Å². The van der Waals surface area contributed by atoms with Gasteiger partial charge in [-0.05, 0) is 103 Å². The highest BCUT2D eigenvalue weighted by Crippen LogP contribution is 2.18. The van der Waals surface area contributed by atoms with Crippen LogP contribution in [0.2, 0.25) is 0 Å². The second-order valence-electron chi connectivity index (χ2n) is 25.9. The maximum Gasteiger partial charge on any atom is 0.361 e. The molecule has 9 nitrogen and oxygen atoms in total. The summed E-state index contributed by atoms with van der Waals surface area (Å²) in [5, 5.41) is 9.76. The van der Waals surface area contributed by atoms with E-state index in [2.05, 4.69) is 123 Å². The number of esters is 2. The summed E-state index contributed by atoms with van der Waals surface area (Å²) in [5.74, 6) is -2.00. The number of rotatable bonds is 68. The number of unbranched alkanes of at least 4 members (excludes halogenated alkanes) is 35. The van der Waals surface area contributed by atoms with Gasteiger partial charge in [0.2, 0.25) is 0 Å². The number of carboxylic acids is 1. The lowest BCUT2D eigenvalue weighted by Gasteiger charge is -2.25. The first-order valence-electron chi connectivity index (χ1n) is 37.1. The molecule has 9 heteroatoms. The molecule has 0 aromatic carbocycles. The average molecular weight is 1240 g/mol. The maximum absolute atomic E-state index is 13.0. The Balaban J connectivity index is 4.09. The monoisotopic (exact) mass is 1240 g/mol. The van der Waals surface area contributed by atoms with Crippen molar-refractivity contribution in [3.8, 4) is 0 Å². The Bertz CT molecular complexity index is 1830. The number of aliphatic carboxylic acids is 1. The topological polar surface area (TPSA) is 108 Å². The van der Waals surface area contributed by atoms with Gasteiger partial charge in [-0.3, -0.25) is 9.59 Å². The van der Waals surface area contributed by atoms with Gasteiger partial charge in [0.25, 0.3) is 6.29 Å². The fourth-order valence-corrected chi connectivity index (χ4v) is 10.4. The van der Waals surface area contributed by atoms with Gasteiger partial charge in [-0.2, -0.15) is 0 Å². The van der Waals surface area contributed by atoms with Crippen molar-refractivity contribution in [1.29, 1.82) is 0 Å². The molecule has 0 rings (SSSR count). The number of allylic oxidation sites excluding steroid dienone is 18. The van der Waals surface area contributed by atoms with E-state index in [1.165, 1.54) is 199 Å². The Labute approximate surface area is 549 Å². The summed E-state index contributed by atoms with van der Waals surface area (Å²) in [7, 11) is 5.98. The lowest BCUT2D eigenvalue weighted by molar-refractivity contribution is -0.870. The summed E-state index contributed by atoms with van der Waals surface area (Å²) < 4.78 is 23.0. The number of quaternary nitrogens is 1. The van der Waals surface area contributed by atoms with E-state index >= 15 is 0 Å². The van der Waals surface area contributed by atoms with E-state index in [0.29, 0.717) is 23.9 Å². The summed E-state index contributed by atoms with van der Waals surface area (Å²) in [6, 6.07) is 0. The Morgan fingerprint density at radius 3 is 0.955 bits per heavy atom. The van der Waals surface area contributed by atoms with Gasteiger partial charge in [0.15, 0.2) is 6.10 Å². The SMILES string of the molecule is CC/C=C\C/C=C\C/C=C\C/C=C\C/C=C\C/C=C\CCCCCCCCCCCCCCC(=O)OC(COC(=O)CCCCCCCCCCCCCCCCCCCC/C=C\C/C=C\C/C=C\CCCCCCC)COC(OCC[N+](C)(C)C)C(=O)O. The zero-order valence-corrected chi connectivity index (χ0v) is 58.6. The van der Waals surface area contributed by atoms with Crippen LogP contribution >= 0.6 is 0 Å². The minimum atomic E-state index is -1.52. The molecule has 0 heterocycles. The Kier molecular flexibility index (Phi) is 66.7. The third-order valence-electron chi connectivity index (χ3n) is 16.0. The molecule has 512 valence electrons. The van der Waals surface area contributed by atoms with Crippen molar-refractivity contribution in [1.82, 2.24) is 0 Å². The molecule has 0 saturated heterocycles. The van der Waals surface area contributed by atoms with Crippen molar-refractivity contribution in [2.45, 2.75) is 334 Å². The molecule has 89 heavy (non-hydrogen) atoms. The molecule has 0 amide bonds. The highest BCUT2D eigenvalue weighted by Gasteiger charge is 2.25. The van der Waals surface area contributed by atoms with Crippen molar-refractivity contribution >= 4 is 17.9 Å². The second-order valence-corrected chi connectivity index (χ2v) is 25.9. The van der Waals surface area contributed by atoms with Crippen LogP contribution < -0.4 is 0 Å². The Hall–Kier alpha value is -4.05. The fourth-order valence-electron chi connectivity index (χ4n) is 10.4. The van der Waals surface area contributed by atoms with Crippen molar-refractivity contribution < 1.29 is 42.9 Å². The molecule has 0 aromatic heterocycles. The van der Waals surface area contributed by atoms with Crippen LogP contribution in [0.4, 0.5) is 0 Å². The van der Waals surface area contributed by atoms with E-state index in [1.807, 2.05) is 21.1 Å². The van der Waals surface area contributed by atoms with Crippen molar-refractivity contribution in [2.24, 2.45) is 0 Å². The van der Waals surface area contributed by atoms with Crippen LogP contribution in [-0.4, -0.2) is 87.4 Å². The molecule has 0 aliphatic carbocycles. The number of likely N-dealkylation sites (N-methyl/N-ethyl adjacent to an activating group) is 1. The van der Waals surface area contributed by atoms with E-state index < -0.39 is 24.3 Å². The van der Waals surface area contributed by atoms with Crippen LogP contribution in [0.25, 0.3) is 0 Å². The lowest BCUT2D eigenvalue weighted by atomic mass is 10.0. The number of nitrogens with zero attached hydrogens (tertiary/aromatic N) is 1. The summed E-state index contributed by atoms with van der Waals surface area (Å²) in [4.78, 5) is 37.7. The van der Waals surface area contributed by atoms with Crippen molar-refractivity contribution in [2.75, 3.05) is 47.5 Å². The summed E-state index contributed by atoms with van der Waals surface area (Å²) in [6.07, 6.45) is 94.9. The first kappa shape index (κ1) is 85.0. The molecule has 0 aliphatic rings. The molecule has 0 bridgehead atoms. The molecule has 0 fully saturated rings.